The number of thiazole rings is 1. The molecular formula is C15H16N2OS2. The molecule has 1 aliphatic heterocycles. The lowest BCUT2D eigenvalue weighted by Crippen LogP contribution is -2.30. The molecule has 5 heteroatoms. The van der Waals surface area contributed by atoms with Gasteiger partial charge in [0.15, 0.2) is 0 Å². The van der Waals surface area contributed by atoms with E-state index in [4.69, 9.17) is 0 Å². The molecule has 0 N–H and O–H groups in total. The maximum absolute atomic E-state index is 12.1. The molecule has 1 aromatic carbocycles. The van der Waals surface area contributed by atoms with Crippen LogP contribution in [0.25, 0.3) is 11.3 Å². The molecule has 0 atom stereocenters. The van der Waals surface area contributed by atoms with Gasteiger partial charge in [0.1, 0.15) is 0 Å². The van der Waals surface area contributed by atoms with Crippen molar-refractivity contribution in [3.8, 4) is 11.3 Å². The summed E-state index contributed by atoms with van der Waals surface area (Å²) < 4.78 is 0. The molecule has 104 valence electrons. The lowest BCUT2D eigenvalue weighted by molar-refractivity contribution is -0.116. The Morgan fingerprint density at radius 3 is 3.05 bits per heavy atom. The van der Waals surface area contributed by atoms with E-state index >= 15 is 0 Å². The van der Waals surface area contributed by atoms with Crippen LogP contribution < -0.4 is 4.90 Å². The van der Waals surface area contributed by atoms with Crippen molar-refractivity contribution < 1.29 is 4.79 Å². The van der Waals surface area contributed by atoms with Crippen molar-refractivity contribution in [2.75, 3.05) is 23.5 Å². The molecule has 0 saturated carbocycles. The second-order valence-electron chi connectivity index (χ2n) is 4.82. The number of benzene rings is 1. The van der Waals surface area contributed by atoms with Crippen molar-refractivity contribution in [3.05, 3.63) is 34.2 Å². The van der Waals surface area contributed by atoms with Crippen LogP contribution in [-0.4, -0.2) is 29.4 Å². The molecule has 1 aliphatic rings. The predicted octanol–water partition coefficient (Wildman–Crippen LogP) is 3.37. The highest BCUT2D eigenvalue weighted by Crippen LogP contribution is 2.32. The summed E-state index contributed by atoms with van der Waals surface area (Å²) in [6, 6.07) is 6.30. The summed E-state index contributed by atoms with van der Waals surface area (Å²) in [6.45, 7) is 2.82. The van der Waals surface area contributed by atoms with Crippen molar-refractivity contribution in [3.63, 3.8) is 0 Å². The molecule has 0 bridgehead atoms. The normalized spacial score (nSPS) is 13.6. The Balaban J connectivity index is 1.90. The van der Waals surface area contributed by atoms with Crippen LogP contribution in [0.15, 0.2) is 23.6 Å². The minimum atomic E-state index is 0.202. The first kappa shape index (κ1) is 13.6. The number of fused-ring (bicyclic) bond motifs is 1. The van der Waals surface area contributed by atoms with E-state index in [0.29, 0.717) is 5.75 Å². The molecule has 3 rings (SSSR count). The summed E-state index contributed by atoms with van der Waals surface area (Å²) in [5.41, 5.74) is 4.50. The summed E-state index contributed by atoms with van der Waals surface area (Å²) in [5, 5.41) is 3.17. The molecule has 0 fully saturated rings. The van der Waals surface area contributed by atoms with Crippen LogP contribution in [0, 0.1) is 6.92 Å². The summed E-state index contributed by atoms with van der Waals surface area (Å²) in [7, 11) is 0. The first-order chi connectivity index (χ1) is 9.69. The number of nitrogens with zero attached hydrogens (tertiary/aromatic N) is 2. The topological polar surface area (TPSA) is 33.2 Å². The Morgan fingerprint density at radius 1 is 1.50 bits per heavy atom. The maximum atomic E-state index is 12.1. The molecule has 3 nitrogen and oxygen atoms in total. The molecule has 20 heavy (non-hydrogen) atoms. The fraction of sp³-hybridized carbons (Fsp3) is 0.333. The van der Waals surface area contributed by atoms with Gasteiger partial charge in [0, 0.05) is 23.2 Å². The summed E-state index contributed by atoms with van der Waals surface area (Å²) >= 11 is 3.24. The first-order valence-electron chi connectivity index (χ1n) is 6.54. The summed E-state index contributed by atoms with van der Waals surface area (Å²) in [5.74, 6) is 0.750. The van der Waals surface area contributed by atoms with Crippen LogP contribution in [0.5, 0.6) is 0 Å². The van der Waals surface area contributed by atoms with E-state index in [2.05, 4.69) is 28.6 Å². The van der Waals surface area contributed by atoms with Crippen LogP contribution >= 0.6 is 23.1 Å². The number of hydrogen-bond donors (Lipinski definition) is 0. The molecule has 0 saturated heterocycles. The standard InChI is InChI=1S/C15H16N2OS2/c1-10-16-13(8-20-10)11-3-4-14-12(7-11)5-6-17(14)15(18)9-19-2/h3-4,7-8H,5-6,9H2,1-2H3. The van der Waals surface area contributed by atoms with Crippen molar-refractivity contribution >= 4 is 34.7 Å². The van der Waals surface area contributed by atoms with Crippen molar-refractivity contribution in [2.24, 2.45) is 0 Å². The van der Waals surface area contributed by atoms with Gasteiger partial charge in [-0.3, -0.25) is 4.79 Å². The lowest BCUT2D eigenvalue weighted by atomic mass is 10.1. The van der Waals surface area contributed by atoms with Crippen LogP contribution in [0.1, 0.15) is 10.6 Å². The Kier molecular flexibility index (Phi) is 3.81. The third-order valence-electron chi connectivity index (χ3n) is 3.46. The van der Waals surface area contributed by atoms with Gasteiger partial charge in [-0.05, 0) is 37.3 Å². The van der Waals surface area contributed by atoms with E-state index in [9.17, 15) is 4.79 Å². The third kappa shape index (κ3) is 2.47. The largest absolute Gasteiger partial charge is 0.311 e. The van der Waals surface area contributed by atoms with E-state index in [1.165, 1.54) is 5.56 Å². The quantitative estimate of drug-likeness (QED) is 0.871. The van der Waals surface area contributed by atoms with E-state index < -0.39 is 0 Å². The zero-order chi connectivity index (χ0) is 14.1. The van der Waals surface area contributed by atoms with Gasteiger partial charge in [0.25, 0.3) is 0 Å². The number of aryl methyl sites for hydroxylation is 1. The Bertz CT molecular complexity index is 651. The fourth-order valence-electron chi connectivity index (χ4n) is 2.52. The van der Waals surface area contributed by atoms with Crippen molar-refractivity contribution in [1.29, 1.82) is 0 Å². The molecule has 0 spiro atoms. The number of thioether (sulfide) groups is 1. The smallest absolute Gasteiger partial charge is 0.236 e. The van der Waals surface area contributed by atoms with Gasteiger partial charge in [-0.1, -0.05) is 6.07 Å². The number of carbonyl (C=O) groups excluding carboxylic acids is 1. The fourth-order valence-corrected chi connectivity index (χ4v) is 3.54. The first-order valence-corrected chi connectivity index (χ1v) is 8.81. The third-order valence-corrected chi connectivity index (χ3v) is 4.77. The molecule has 0 unspecified atom stereocenters. The second-order valence-corrected chi connectivity index (χ2v) is 6.75. The monoisotopic (exact) mass is 304 g/mol. The highest BCUT2D eigenvalue weighted by Gasteiger charge is 2.24. The average molecular weight is 304 g/mol. The van der Waals surface area contributed by atoms with Gasteiger partial charge in [0.2, 0.25) is 5.91 Å². The molecule has 1 aromatic heterocycles. The van der Waals surface area contributed by atoms with E-state index in [-0.39, 0.29) is 5.91 Å². The van der Waals surface area contributed by atoms with Gasteiger partial charge in [-0.2, -0.15) is 11.8 Å². The zero-order valence-corrected chi connectivity index (χ0v) is 13.2. The molecule has 2 heterocycles. The van der Waals surface area contributed by atoms with Crippen LogP contribution in [0.4, 0.5) is 5.69 Å². The minimum Gasteiger partial charge on any atom is -0.311 e. The zero-order valence-electron chi connectivity index (χ0n) is 11.5. The van der Waals surface area contributed by atoms with Crippen LogP contribution in [0.2, 0.25) is 0 Å². The highest BCUT2D eigenvalue weighted by molar-refractivity contribution is 7.99. The van der Waals surface area contributed by atoms with Gasteiger partial charge >= 0.3 is 0 Å². The van der Waals surface area contributed by atoms with Gasteiger partial charge in [-0.25, -0.2) is 4.98 Å². The number of hydrogen-bond acceptors (Lipinski definition) is 4. The van der Waals surface area contributed by atoms with Crippen molar-refractivity contribution in [2.45, 2.75) is 13.3 Å². The second kappa shape index (κ2) is 5.58. The Morgan fingerprint density at radius 2 is 2.35 bits per heavy atom. The van der Waals surface area contributed by atoms with E-state index in [1.54, 1.807) is 23.1 Å². The number of rotatable bonds is 3. The summed E-state index contributed by atoms with van der Waals surface area (Å²) in [4.78, 5) is 18.5. The highest BCUT2D eigenvalue weighted by atomic mass is 32.2. The molecule has 0 radical (unpaired) electrons. The average Bonchev–Trinajstić information content (AvgIpc) is 3.04. The van der Waals surface area contributed by atoms with Gasteiger partial charge in [-0.15, -0.1) is 11.3 Å². The summed E-state index contributed by atoms with van der Waals surface area (Å²) in [6.07, 6.45) is 2.90. The van der Waals surface area contributed by atoms with Gasteiger partial charge < -0.3 is 4.90 Å². The van der Waals surface area contributed by atoms with Gasteiger partial charge in [0.05, 0.1) is 16.5 Å². The number of amides is 1. The van der Waals surface area contributed by atoms with Crippen molar-refractivity contribution in [1.82, 2.24) is 4.98 Å². The molecule has 1 amide bonds. The molecular weight excluding hydrogens is 288 g/mol. The molecule has 2 aromatic rings. The molecule has 0 aliphatic carbocycles. The van der Waals surface area contributed by atoms with E-state index in [1.807, 2.05) is 18.1 Å². The Labute approximate surface area is 127 Å². The van der Waals surface area contributed by atoms with E-state index in [0.717, 1.165) is 34.9 Å². The SMILES string of the molecule is CSCC(=O)N1CCc2cc(-c3csc(C)n3)ccc21. The number of aromatic nitrogens is 1. The minimum absolute atomic E-state index is 0.202. The predicted molar refractivity (Wildman–Crippen MR) is 86.7 cm³/mol. The van der Waals surface area contributed by atoms with Crippen LogP contribution in [-0.2, 0) is 11.2 Å². The number of carbonyl (C=O) groups is 1. The maximum Gasteiger partial charge on any atom is 0.236 e. The number of anilines is 1. The van der Waals surface area contributed by atoms with Crippen LogP contribution in [0.3, 0.4) is 0 Å². The Hall–Kier alpha value is -1.33. The lowest BCUT2D eigenvalue weighted by Gasteiger charge is -2.16.